The van der Waals surface area contributed by atoms with Crippen LogP contribution in [0.5, 0.6) is 0 Å². The lowest BCUT2D eigenvalue weighted by atomic mass is 9.84. The van der Waals surface area contributed by atoms with Crippen LogP contribution in [0.15, 0.2) is 18.6 Å². The number of rotatable bonds is 14. The Bertz CT molecular complexity index is 1280. The van der Waals surface area contributed by atoms with Crippen molar-refractivity contribution in [1.29, 1.82) is 0 Å². The number of likely N-dealkylation sites (tertiary alicyclic amines) is 1. The van der Waals surface area contributed by atoms with Gasteiger partial charge in [-0.05, 0) is 42.4 Å². The smallest absolute Gasteiger partial charge is 0.289 e. The lowest BCUT2D eigenvalue weighted by molar-refractivity contribution is -0.146. The van der Waals surface area contributed by atoms with Gasteiger partial charge in [0.15, 0.2) is 0 Å². The average molecular weight is 642 g/mol. The van der Waals surface area contributed by atoms with Crippen molar-refractivity contribution in [1.82, 2.24) is 36.1 Å². The van der Waals surface area contributed by atoms with Crippen molar-refractivity contribution in [3.05, 3.63) is 24.3 Å². The minimum atomic E-state index is -1.04. The molecule has 3 rings (SSSR count). The number of carbonyl (C=O) groups is 6. The topological polar surface area (TPSA) is 180 Å². The molecule has 2 fully saturated rings. The molecular formula is C33H51N7O6. The number of amides is 5. The van der Waals surface area contributed by atoms with E-state index in [9.17, 15) is 28.8 Å². The molecule has 0 bridgehead atoms. The molecule has 2 aliphatic rings. The zero-order valence-corrected chi connectivity index (χ0v) is 28.4. The minimum absolute atomic E-state index is 0.00281. The van der Waals surface area contributed by atoms with Gasteiger partial charge in [0, 0.05) is 25.0 Å². The molecule has 1 aromatic rings. The fourth-order valence-corrected chi connectivity index (χ4v) is 5.63. The maximum atomic E-state index is 14.3. The molecule has 1 aliphatic heterocycles. The van der Waals surface area contributed by atoms with Crippen LogP contribution in [0.1, 0.15) is 98.0 Å². The molecule has 5 amide bonds. The van der Waals surface area contributed by atoms with Crippen molar-refractivity contribution in [2.45, 2.75) is 118 Å². The van der Waals surface area contributed by atoms with Gasteiger partial charge in [-0.25, -0.2) is 4.98 Å². The lowest BCUT2D eigenvalue weighted by Crippen LogP contribution is -2.62. The van der Waals surface area contributed by atoms with Gasteiger partial charge in [0.05, 0.1) is 12.2 Å². The first-order valence-corrected chi connectivity index (χ1v) is 16.4. The predicted octanol–water partition coefficient (Wildman–Crippen LogP) is 1.77. The highest BCUT2D eigenvalue weighted by Crippen LogP contribution is 2.33. The van der Waals surface area contributed by atoms with E-state index in [1.54, 1.807) is 0 Å². The van der Waals surface area contributed by atoms with Gasteiger partial charge in [-0.15, -0.1) is 0 Å². The summed E-state index contributed by atoms with van der Waals surface area (Å²) in [6.45, 7) is 15.1. The molecule has 13 heteroatoms. The normalized spacial score (nSPS) is 22.2. The van der Waals surface area contributed by atoms with E-state index in [0.717, 1.165) is 12.8 Å². The molecule has 1 saturated heterocycles. The number of hydrogen-bond acceptors (Lipinski definition) is 8. The maximum absolute atomic E-state index is 14.3. The van der Waals surface area contributed by atoms with Crippen LogP contribution in [0.25, 0.3) is 0 Å². The summed E-state index contributed by atoms with van der Waals surface area (Å²) in [7, 11) is 0. The second-order valence-corrected chi connectivity index (χ2v) is 14.0. The Morgan fingerprint density at radius 3 is 2.22 bits per heavy atom. The molecule has 0 spiro atoms. The second kappa shape index (κ2) is 15.6. The molecule has 2 heterocycles. The standard InChI is InChI=1S/C33H51N7O6/c1-9-11-22(26(41)31(45)36-21-12-13-21)37-30(44)25-20(5)19(4)17-40(25)32(46)27(33(6,7)8)39-29(43)24(18(3)10-2)38-28(42)23-16-34-14-15-35-23/h14-16,18-22,24-25,27H,9-13,17H2,1-8H3,(H,36,45)(H,37,44)(H,38,42)(H,39,43)/t18-,19-,20-,22-,24?,25-,27+/m0/s1. The summed E-state index contributed by atoms with van der Waals surface area (Å²) >= 11 is 0. The van der Waals surface area contributed by atoms with Gasteiger partial charge >= 0.3 is 0 Å². The third kappa shape index (κ3) is 9.10. The van der Waals surface area contributed by atoms with E-state index in [1.807, 2.05) is 55.4 Å². The van der Waals surface area contributed by atoms with E-state index in [4.69, 9.17) is 0 Å². The van der Waals surface area contributed by atoms with Gasteiger partial charge < -0.3 is 26.2 Å². The summed E-state index contributed by atoms with van der Waals surface area (Å²) in [5.41, 5.74) is -0.704. The minimum Gasteiger partial charge on any atom is -0.347 e. The molecular weight excluding hydrogens is 590 g/mol. The highest BCUT2D eigenvalue weighted by atomic mass is 16.2. The van der Waals surface area contributed by atoms with Crippen LogP contribution in [-0.4, -0.2) is 86.9 Å². The first kappa shape index (κ1) is 36.6. The summed E-state index contributed by atoms with van der Waals surface area (Å²) in [4.78, 5) is 89.8. The molecule has 1 unspecified atom stereocenters. The molecule has 1 saturated carbocycles. The molecule has 7 atom stereocenters. The number of nitrogens with one attached hydrogen (secondary N) is 4. The Morgan fingerprint density at radius 1 is 1.00 bits per heavy atom. The van der Waals surface area contributed by atoms with Crippen LogP contribution >= 0.6 is 0 Å². The fourth-order valence-electron chi connectivity index (χ4n) is 5.63. The average Bonchev–Trinajstić information content (AvgIpc) is 3.78. The maximum Gasteiger partial charge on any atom is 0.289 e. The Hall–Kier alpha value is -3.90. The molecule has 1 aromatic heterocycles. The van der Waals surface area contributed by atoms with Crippen LogP contribution in [0.3, 0.4) is 0 Å². The van der Waals surface area contributed by atoms with Crippen molar-refractivity contribution < 1.29 is 28.8 Å². The Kier molecular flexibility index (Phi) is 12.4. The fraction of sp³-hybridized carbons (Fsp3) is 0.697. The Labute approximate surface area is 271 Å². The van der Waals surface area contributed by atoms with E-state index >= 15 is 0 Å². The molecule has 0 aromatic carbocycles. The van der Waals surface area contributed by atoms with E-state index in [0.29, 0.717) is 12.8 Å². The first-order valence-electron chi connectivity index (χ1n) is 16.4. The van der Waals surface area contributed by atoms with Crippen LogP contribution in [0.4, 0.5) is 0 Å². The summed E-state index contributed by atoms with van der Waals surface area (Å²) in [6, 6.07) is -3.92. The number of hydrogen-bond donors (Lipinski definition) is 4. The summed E-state index contributed by atoms with van der Waals surface area (Å²) in [5, 5.41) is 11.1. The van der Waals surface area contributed by atoms with Crippen LogP contribution < -0.4 is 21.3 Å². The van der Waals surface area contributed by atoms with Crippen molar-refractivity contribution in [3.63, 3.8) is 0 Å². The van der Waals surface area contributed by atoms with Crippen molar-refractivity contribution in [2.24, 2.45) is 23.2 Å². The van der Waals surface area contributed by atoms with Gasteiger partial charge in [0.1, 0.15) is 23.8 Å². The van der Waals surface area contributed by atoms with Crippen molar-refractivity contribution in [2.75, 3.05) is 6.54 Å². The number of Topliss-reactive ketones (excluding diaryl/α,β-unsaturated/α-hetero) is 1. The summed E-state index contributed by atoms with van der Waals surface area (Å²) in [5.74, 6) is -4.02. The van der Waals surface area contributed by atoms with Crippen LogP contribution in [-0.2, 0) is 24.0 Å². The zero-order valence-electron chi connectivity index (χ0n) is 28.4. The third-order valence-electron chi connectivity index (χ3n) is 9.09. The number of carbonyl (C=O) groups excluding carboxylic acids is 6. The van der Waals surface area contributed by atoms with E-state index in [1.165, 1.54) is 23.5 Å². The van der Waals surface area contributed by atoms with E-state index in [-0.39, 0.29) is 42.5 Å². The highest BCUT2D eigenvalue weighted by molar-refractivity contribution is 6.38. The van der Waals surface area contributed by atoms with Crippen molar-refractivity contribution in [3.8, 4) is 0 Å². The SMILES string of the molecule is CCC[C@H](NC(=O)[C@@H]1[C@@H](C)[C@@H](C)CN1C(=O)[C@@H](NC(=O)C(NC(=O)c1cnccn1)[C@@H](C)CC)C(C)(C)C)C(=O)C(=O)NC1CC1. The molecule has 46 heavy (non-hydrogen) atoms. The second-order valence-electron chi connectivity index (χ2n) is 14.0. The van der Waals surface area contributed by atoms with Crippen molar-refractivity contribution >= 4 is 35.3 Å². The quantitative estimate of drug-likeness (QED) is 0.222. The Balaban J connectivity index is 1.83. The number of aromatic nitrogens is 2. The number of nitrogens with zero attached hydrogens (tertiary/aromatic N) is 3. The number of ketones is 1. The van der Waals surface area contributed by atoms with E-state index in [2.05, 4.69) is 31.2 Å². The van der Waals surface area contributed by atoms with Crippen LogP contribution in [0.2, 0.25) is 0 Å². The largest absolute Gasteiger partial charge is 0.347 e. The molecule has 4 N–H and O–H groups in total. The predicted molar refractivity (Wildman–Crippen MR) is 171 cm³/mol. The molecule has 13 nitrogen and oxygen atoms in total. The van der Waals surface area contributed by atoms with Crippen LogP contribution in [0, 0.1) is 23.2 Å². The Morgan fingerprint density at radius 2 is 1.67 bits per heavy atom. The molecule has 0 radical (unpaired) electrons. The highest BCUT2D eigenvalue weighted by Gasteiger charge is 2.48. The third-order valence-corrected chi connectivity index (χ3v) is 9.09. The molecule has 1 aliphatic carbocycles. The van der Waals surface area contributed by atoms with Gasteiger partial charge in [0.25, 0.3) is 11.8 Å². The molecule has 254 valence electrons. The lowest BCUT2D eigenvalue weighted by Gasteiger charge is -2.37. The monoisotopic (exact) mass is 641 g/mol. The van der Waals surface area contributed by atoms with Gasteiger partial charge in [0.2, 0.25) is 23.5 Å². The summed E-state index contributed by atoms with van der Waals surface area (Å²) in [6.07, 6.45) is 7.22. The first-order chi connectivity index (χ1) is 21.6. The van der Waals surface area contributed by atoms with E-state index < -0.39 is 64.9 Å². The summed E-state index contributed by atoms with van der Waals surface area (Å²) < 4.78 is 0. The van der Waals surface area contributed by atoms with Gasteiger partial charge in [-0.1, -0.05) is 68.2 Å². The van der Waals surface area contributed by atoms with Gasteiger partial charge in [-0.3, -0.25) is 33.8 Å². The van der Waals surface area contributed by atoms with Gasteiger partial charge in [-0.2, -0.15) is 0 Å². The zero-order chi connectivity index (χ0) is 34.3.